The normalized spacial score (nSPS) is 18.4. The van der Waals surface area contributed by atoms with Gasteiger partial charge in [0.2, 0.25) is 10.0 Å². The number of hydrogen-bond acceptors (Lipinski definition) is 3. The Balaban J connectivity index is 1.82. The largest absolute Gasteiger partial charge is 0.335 e. The fourth-order valence-electron chi connectivity index (χ4n) is 2.61. The highest BCUT2D eigenvalue weighted by atomic mass is 32.2. The molecule has 0 radical (unpaired) electrons. The molecule has 2 rings (SSSR count). The Bertz CT molecular complexity index is 658. The number of carbonyl (C=O) groups is 1. The maximum atomic E-state index is 13.2. The molecule has 1 aromatic carbocycles. The van der Waals surface area contributed by atoms with Crippen molar-refractivity contribution < 1.29 is 17.6 Å². The highest BCUT2D eigenvalue weighted by molar-refractivity contribution is 7.88. The molecular weight excluding hydrogens is 321 g/mol. The zero-order chi connectivity index (χ0) is 17.0. The Morgan fingerprint density at radius 1 is 1.35 bits per heavy atom. The van der Waals surface area contributed by atoms with Crippen molar-refractivity contribution in [3.05, 3.63) is 35.6 Å². The fourth-order valence-corrected chi connectivity index (χ4v) is 3.49. The van der Waals surface area contributed by atoms with Crippen LogP contribution >= 0.6 is 0 Å². The molecule has 2 amide bonds. The van der Waals surface area contributed by atoms with Gasteiger partial charge in [0.1, 0.15) is 5.82 Å². The van der Waals surface area contributed by atoms with Gasteiger partial charge in [-0.2, -0.15) is 0 Å². The molecule has 1 atom stereocenters. The SMILES string of the molecule is CC(NC(=O)NC1CCN(S(C)(=O)=O)CC1)c1cccc(F)c1. The van der Waals surface area contributed by atoms with Crippen molar-refractivity contribution in [2.24, 2.45) is 0 Å². The van der Waals surface area contributed by atoms with Gasteiger partial charge in [-0.3, -0.25) is 0 Å². The van der Waals surface area contributed by atoms with Crippen molar-refractivity contribution in [2.45, 2.75) is 31.8 Å². The molecule has 0 aliphatic carbocycles. The lowest BCUT2D eigenvalue weighted by molar-refractivity contribution is 0.225. The van der Waals surface area contributed by atoms with Gasteiger partial charge in [0.25, 0.3) is 0 Å². The third kappa shape index (κ3) is 5.18. The molecule has 1 aromatic rings. The highest BCUT2D eigenvalue weighted by Gasteiger charge is 2.26. The van der Waals surface area contributed by atoms with E-state index in [4.69, 9.17) is 0 Å². The van der Waals surface area contributed by atoms with Crippen LogP contribution in [-0.4, -0.2) is 44.1 Å². The minimum atomic E-state index is -3.17. The Kier molecular flexibility index (Phi) is 5.59. The number of hydrogen-bond donors (Lipinski definition) is 2. The van der Waals surface area contributed by atoms with Gasteiger partial charge in [0, 0.05) is 19.1 Å². The molecular formula is C15H22FN3O3S. The molecule has 1 aliphatic rings. The minimum Gasteiger partial charge on any atom is -0.335 e. The van der Waals surface area contributed by atoms with E-state index in [2.05, 4.69) is 10.6 Å². The van der Waals surface area contributed by atoms with Crippen LogP contribution in [0.5, 0.6) is 0 Å². The average Bonchev–Trinajstić information content (AvgIpc) is 2.46. The summed E-state index contributed by atoms with van der Waals surface area (Å²) in [5, 5.41) is 5.60. The first kappa shape index (κ1) is 17.7. The zero-order valence-electron chi connectivity index (χ0n) is 13.3. The Labute approximate surface area is 136 Å². The maximum Gasteiger partial charge on any atom is 0.315 e. The predicted molar refractivity (Wildman–Crippen MR) is 85.9 cm³/mol. The summed E-state index contributed by atoms with van der Waals surface area (Å²) in [6.45, 7) is 2.59. The lowest BCUT2D eigenvalue weighted by atomic mass is 10.1. The van der Waals surface area contributed by atoms with E-state index < -0.39 is 10.0 Å². The van der Waals surface area contributed by atoms with Crippen LogP contribution in [-0.2, 0) is 10.0 Å². The summed E-state index contributed by atoms with van der Waals surface area (Å²) in [6, 6.07) is 5.37. The molecule has 0 bridgehead atoms. The Morgan fingerprint density at radius 3 is 2.57 bits per heavy atom. The van der Waals surface area contributed by atoms with Crippen LogP contribution in [0.2, 0.25) is 0 Å². The van der Waals surface area contributed by atoms with Crippen LogP contribution in [0.1, 0.15) is 31.4 Å². The monoisotopic (exact) mass is 343 g/mol. The molecule has 8 heteroatoms. The summed E-state index contributed by atoms with van der Waals surface area (Å²) in [4.78, 5) is 12.0. The second-order valence-electron chi connectivity index (χ2n) is 5.83. The van der Waals surface area contributed by atoms with E-state index in [0.717, 1.165) is 0 Å². The van der Waals surface area contributed by atoms with Crippen LogP contribution in [0.3, 0.4) is 0 Å². The van der Waals surface area contributed by atoms with Crippen molar-refractivity contribution >= 4 is 16.1 Å². The Morgan fingerprint density at radius 2 is 2.00 bits per heavy atom. The molecule has 1 unspecified atom stereocenters. The van der Waals surface area contributed by atoms with E-state index >= 15 is 0 Å². The molecule has 0 saturated carbocycles. The van der Waals surface area contributed by atoms with Gasteiger partial charge in [-0.15, -0.1) is 0 Å². The lowest BCUT2D eigenvalue weighted by Gasteiger charge is -2.31. The second-order valence-corrected chi connectivity index (χ2v) is 7.81. The third-order valence-corrected chi connectivity index (χ3v) is 5.26. The molecule has 1 saturated heterocycles. The number of carbonyl (C=O) groups excluding carboxylic acids is 1. The lowest BCUT2D eigenvalue weighted by Crippen LogP contribution is -2.49. The predicted octanol–water partition coefficient (Wildman–Crippen LogP) is 1.61. The van der Waals surface area contributed by atoms with Crippen molar-refractivity contribution in [1.29, 1.82) is 0 Å². The summed E-state index contributed by atoms with van der Waals surface area (Å²) in [6.07, 6.45) is 2.35. The molecule has 0 spiro atoms. The number of nitrogens with one attached hydrogen (secondary N) is 2. The van der Waals surface area contributed by atoms with Crippen LogP contribution in [0.4, 0.5) is 9.18 Å². The first-order chi connectivity index (χ1) is 10.8. The molecule has 1 heterocycles. The number of benzene rings is 1. The number of nitrogens with zero attached hydrogens (tertiary/aromatic N) is 1. The number of sulfonamides is 1. The topological polar surface area (TPSA) is 78.5 Å². The van der Waals surface area contributed by atoms with Crippen LogP contribution in [0.25, 0.3) is 0 Å². The maximum absolute atomic E-state index is 13.2. The Hall–Kier alpha value is -1.67. The van der Waals surface area contributed by atoms with Crippen molar-refractivity contribution in [3.63, 3.8) is 0 Å². The second kappa shape index (κ2) is 7.27. The van der Waals surface area contributed by atoms with E-state index in [1.54, 1.807) is 19.1 Å². The van der Waals surface area contributed by atoms with E-state index in [9.17, 15) is 17.6 Å². The van der Waals surface area contributed by atoms with Gasteiger partial charge in [-0.1, -0.05) is 12.1 Å². The minimum absolute atomic E-state index is 0.0623. The van der Waals surface area contributed by atoms with Gasteiger partial charge in [-0.05, 0) is 37.5 Å². The number of rotatable bonds is 4. The molecule has 1 aliphatic heterocycles. The van der Waals surface area contributed by atoms with Crippen LogP contribution < -0.4 is 10.6 Å². The summed E-state index contributed by atoms with van der Waals surface area (Å²) in [5.74, 6) is -0.343. The van der Waals surface area contributed by atoms with Crippen molar-refractivity contribution in [2.75, 3.05) is 19.3 Å². The quantitative estimate of drug-likeness (QED) is 0.872. The first-order valence-corrected chi connectivity index (χ1v) is 9.38. The first-order valence-electron chi connectivity index (χ1n) is 7.53. The van der Waals surface area contributed by atoms with E-state index in [0.29, 0.717) is 31.5 Å². The number of amides is 2. The number of halogens is 1. The zero-order valence-corrected chi connectivity index (χ0v) is 14.1. The number of piperidine rings is 1. The van der Waals surface area contributed by atoms with Gasteiger partial charge < -0.3 is 10.6 Å². The molecule has 23 heavy (non-hydrogen) atoms. The summed E-state index contributed by atoms with van der Waals surface area (Å²) in [7, 11) is -3.17. The highest BCUT2D eigenvalue weighted by Crippen LogP contribution is 2.15. The van der Waals surface area contributed by atoms with Gasteiger partial charge in [-0.25, -0.2) is 21.9 Å². The van der Waals surface area contributed by atoms with E-state index in [1.807, 2.05) is 0 Å². The standard InChI is InChI=1S/C15H22FN3O3S/c1-11(12-4-3-5-13(16)10-12)17-15(20)18-14-6-8-19(9-7-14)23(2,21)22/h3-5,10-11,14H,6-9H2,1-2H3,(H2,17,18,20). The van der Waals surface area contributed by atoms with E-state index in [1.165, 1.54) is 22.7 Å². The molecule has 6 nitrogen and oxygen atoms in total. The third-order valence-electron chi connectivity index (χ3n) is 3.95. The number of urea groups is 1. The van der Waals surface area contributed by atoms with Gasteiger partial charge in [0.15, 0.2) is 0 Å². The van der Waals surface area contributed by atoms with Crippen LogP contribution in [0, 0.1) is 5.82 Å². The van der Waals surface area contributed by atoms with Gasteiger partial charge in [0.05, 0.1) is 12.3 Å². The summed E-state index contributed by atoms with van der Waals surface area (Å²) < 4.78 is 37.5. The van der Waals surface area contributed by atoms with E-state index in [-0.39, 0.29) is 23.9 Å². The molecule has 2 N–H and O–H groups in total. The fraction of sp³-hybridized carbons (Fsp3) is 0.533. The molecule has 0 aromatic heterocycles. The summed E-state index contributed by atoms with van der Waals surface area (Å²) >= 11 is 0. The molecule has 128 valence electrons. The molecule has 1 fully saturated rings. The van der Waals surface area contributed by atoms with Crippen molar-refractivity contribution in [1.82, 2.24) is 14.9 Å². The van der Waals surface area contributed by atoms with Crippen LogP contribution in [0.15, 0.2) is 24.3 Å². The summed E-state index contributed by atoms with van der Waals surface area (Å²) in [5.41, 5.74) is 0.687. The van der Waals surface area contributed by atoms with Crippen molar-refractivity contribution in [3.8, 4) is 0 Å². The average molecular weight is 343 g/mol. The van der Waals surface area contributed by atoms with Gasteiger partial charge >= 0.3 is 6.03 Å². The smallest absolute Gasteiger partial charge is 0.315 e.